The van der Waals surface area contributed by atoms with Gasteiger partial charge in [0.05, 0.1) is 34.8 Å². The number of nitrogens with zero attached hydrogens (tertiary/aromatic N) is 6. The first kappa shape index (κ1) is 28.3. The summed E-state index contributed by atoms with van der Waals surface area (Å²) in [6, 6.07) is 7.02. The predicted molar refractivity (Wildman–Crippen MR) is 142 cm³/mol. The smallest absolute Gasteiger partial charge is 0.323 e. The molecule has 0 amide bonds. The highest BCUT2D eigenvalue weighted by atomic mass is 32.2. The maximum Gasteiger partial charge on any atom is 0.416 e. The molecule has 1 saturated heterocycles. The molecule has 10 nitrogen and oxygen atoms in total. The van der Waals surface area contributed by atoms with Crippen LogP contribution in [0.2, 0.25) is 0 Å². The number of hydrogen-bond acceptors (Lipinski definition) is 8. The Morgan fingerprint density at radius 1 is 1.20 bits per heavy atom. The van der Waals surface area contributed by atoms with Gasteiger partial charge in [-0.25, -0.2) is 17.5 Å². The fourth-order valence-electron chi connectivity index (χ4n) is 5.22. The Morgan fingerprint density at radius 2 is 1.93 bits per heavy atom. The minimum atomic E-state index is -4.72. The Balaban J connectivity index is 1.64. The Kier molecular flexibility index (Phi) is 7.11. The Bertz CT molecular complexity index is 1710. The van der Waals surface area contributed by atoms with Crippen molar-refractivity contribution in [3.8, 4) is 5.69 Å². The molecule has 5 rings (SSSR count). The van der Waals surface area contributed by atoms with Gasteiger partial charge in [0.25, 0.3) is 10.0 Å². The van der Waals surface area contributed by atoms with Crippen LogP contribution in [0.15, 0.2) is 64.5 Å². The van der Waals surface area contributed by atoms with E-state index in [0.717, 1.165) is 22.8 Å². The molecule has 1 aliphatic heterocycles. The van der Waals surface area contributed by atoms with Gasteiger partial charge < -0.3 is 5.84 Å². The summed E-state index contributed by atoms with van der Waals surface area (Å²) in [5.41, 5.74) is -0.907. The Morgan fingerprint density at radius 3 is 2.59 bits per heavy atom. The lowest BCUT2D eigenvalue weighted by Gasteiger charge is -2.44. The predicted octanol–water partition coefficient (Wildman–Crippen LogP) is 3.24. The van der Waals surface area contributed by atoms with Gasteiger partial charge in [0.2, 0.25) is 0 Å². The summed E-state index contributed by atoms with van der Waals surface area (Å²) in [5, 5.41) is 7.21. The van der Waals surface area contributed by atoms with Crippen molar-refractivity contribution < 1.29 is 30.8 Å². The molecule has 0 radical (unpaired) electrons. The zero-order valence-electron chi connectivity index (χ0n) is 21.5. The second-order valence-corrected chi connectivity index (χ2v) is 11.4. The largest absolute Gasteiger partial charge is 0.416 e. The van der Waals surface area contributed by atoms with Crippen LogP contribution in [0.3, 0.4) is 0 Å². The van der Waals surface area contributed by atoms with E-state index in [1.807, 2.05) is 0 Å². The number of ketones is 1. The zero-order chi connectivity index (χ0) is 29.6. The van der Waals surface area contributed by atoms with Crippen LogP contribution < -0.4 is 5.84 Å². The number of carbonyl (C=O) groups is 1. The summed E-state index contributed by atoms with van der Waals surface area (Å²) in [6.07, 6.45) is 0.245. The SMILES string of the molecule is CN=C(/C=N\N)S(=O)(=O)N1CCC2=Cc3c(cnn3-c3ccc(F)cc3)C[C@]2(C(=O)c2cc(C(F)(F)F)ccn2)C1. The minimum absolute atomic E-state index is 0.0450. The average Bonchev–Trinajstić information content (AvgIpc) is 3.36. The zero-order valence-corrected chi connectivity index (χ0v) is 22.3. The summed E-state index contributed by atoms with van der Waals surface area (Å²) in [7, 11) is -3.03. The number of carbonyl (C=O) groups excluding carboxylic acids is 1. The number of aromatic nitrogens is 3. The van der Waals surface area contributed by atoms with Crippen LogP contribution in [-0.2, 0) is 22.6 Å². The maximum absolute atomic E-state index is 14.2. The van der Waals surface area contributed by atoms with Crippen molar-refractivity contribution in [2.75, 3.05) is 20.1 Å². The van der Waals surface area contributed by atoms with Crippen molar-refractivity contribution in [2.45, 2.75) is 19.0 Å². The van der Waals surface area contributed by atoms with E-state index in [1.54, 1.807) is 10.8 Å². The molecule has 1 atom stereocenters. The van der Waals surface area contributed by atoms with Gasteiger partial charge in [-0.2, -0.15) is 27.7 Å². The van der Waals surface area contributed by atoms with E-state index in [0.29, 0.717) is 28.6 Å². The molecule has 0 saturated carbocycles. The van der Waals surface area contributed by atoms with Gasteiger partial charge in [0.15, 0.2) is 10.8 Å². The fourth-order valence-corrected chi connectivity index (χ4v) is 6.63. The lowest BCUT2D eigenvalue weighted by atomic mass is 9.65. The number of nitrogens with two attached hydrogens (primary N) is 1. The standard InChI is InChI=1S/C26H23F4N7O3S/c1-32-23(14-34-31)41(39,40)36-9-7-17-11-22-16(13-35-37(22)20-4-2-19(27)3-5-20)12-25(17,15-36)24(38)21-10-18(6-8-33-21)26(28,29)30/h2-6,8,10-11,13-14H,7,9,12,15,31H2,1H3/b32-23?,34-14-/t25-/m0/s1. The third-order valence-electron chi connectivity index (χ3n) is 7.22. The summed E-state index contributed by atoms with van der Waals surface area (Å²) in [5.74, 6) is 3.96. The number of benzene rings is 1. The molecule has 1 fully saturated rings. The van der Waals surface area contributed by atoms with Crippen LogP contribution in [-0.4, -0.2) is 64.7 Å². The van der Waals surface area contributed by atoms with Gasteiger partial charge in [-0.1, -0.05) is 5.57 Å². The van der Waals surface area contributed by atoms with Crippen molar-refractivity contribution in [2.24, 2.45) is 21.4 Å². The van der Waals surface area contributed by atoms with Gasteiger partial charge in [-0.15, -0.1) is 0 Å². The second-order valence-electron chi connectivity index (χ2n) is 9.56. The number of pyridine rings is 1. The Labute approximate surface area is 231 Å². The van der Waals surface area contributed by atoms with E-state index in [4.69, 9.17) is 5.84 Å². The van der Waals surface area contributed by atoms with Crippen molar-refractivity contribution >= 4 is 33.1 Å². The fraction of sp³-hybridized carbons (Fsp3) is 0.269. The van der Waals surface area contributed by atoms with Crippen LogP contribution in [0.1, 0.15) is 33.7 Å². The van der Waals surface area contributed by atoms with Gasteiger partial charge in [-0.05, 0) is 60.9 Å². The molecule has 2 aromatic heterocycles. The molecule has 15 heteroatoms. The van der Waals surface area contributed by atoms with Crippen molar-refractivity contribution in [3.05, 3.63) is 82.7 Å². The van der Waals surface area contributed by atoms with Crippen molar-refractivity contribution in [1.29, 1.82) is 0 Å². The molecule has 0 bridgehead atoms. The lowest BCUT2D eigenvalue weighted by molar-refractivity contribution is -0.137. The number of halogens is 4. The van der Waals surface area contributed by atoms with E-state index in [2.05, 4.69) is 20.2 Å². The van der Waals surface area contributed by atoms with Crippen LogP contribution >= 0.6 is 0 Å². The number of hydrogen-bond donors (Lipinski definition) is 1. The first-order chi connectivity index (χ1) is 19.4. The molecule has 1 aromatic carbocycles. The molecule has 3 heterocycles. The summed E-state index contributed by atoms with van der Waals surface area (Å²) < 4.78 is 83.5. The number of rotatable bonds is 5. The molecule has 1 aliphatic carbocycles. The van der Waals surface area contributed by atoms with Crippen LogP contribution in [0.5, 0.6) is 0 Å². The molecule has 2 aliphatic rings. The third-order valence-corrected chi connectivity index (χ3v) is 9.02. The van der Waals surface area contributed by atoms with E-state index in [9.17, 15) is 30.8 Å². The highest BCUT2D eigenvalue weighted by molar-refractivity contribution is 8.06. The third kappa shape index (κ3) is 4.95. The number of alkyl halides is 3. The number of aliphatic imine (C=N–C) groups is 1. The highest BCUT2D eigenvalue weighted by Gasteiger charge is 2.52. The first-order valence-electron chi connectivity index (χ1n) is 12.2. The summed E-state index contributed by atoms with van der Waals surface area (Å²) >= 11 is 0. The lowest BCUT2D eigenvalue weighted by Crippen LogP contribution is -2.54. The van der Waals surface area contributed by atoms with E-state index >= 15 is 0 Å². The molecule has 2 N–H and O–H groups in total. The van der Waals surface area contributed by atoms with E-state index in [1.165, 1.54) is 37.5 Å². The first-order valence-corrected chi connectivity index (χ1v) is 13.7. The normalized spacial score (nSPS) is 20.0. The maximum atomic E-state index is 14.2. The second kappa shape index (κ2) is 10.3. The van der Waals surface area contributed by atoms with Crippen molar-refractivity contribution in [1.82, 2.24) is 19.1 Å². The number of sulfonamides is 1. The van der Waals surface area contributed by atoms with Gasteiger partial charge in [0, 0.05) is 26.3 Å². The van der Waals surface area contributed by atoms with Crippen LogP contribution in [0.4, 0.5) is 17.6 Å². The van der Waals surface area contributed by atoms with Gasteiger partial charge in [-0.3, -0.25) is 14.8 Å². The summed E-state index contributed by atoms with van der Waals surface area (Å²) in [4.78, 5) is 21.8. The van der Waals surface area contributed by atoms with Crippen molar-refractivity contribution in [3.63, 3.8) is 0 Å². The molecule has 0 unspecified atom stereocenters. The molecule has 0 spiro atoms. The minimum Gasteiger partial charge on any atom is -0.323 e. The molecular formula is C26H23F4N7O3S. The highest BCUT2D eigenvalue weighted by Crippen LogP contribution is 2.47. The van der Waals surface area contributed by atoms with E-state index < -0.39 is 56.1 Å². The number of hydrazone groups is 1. The van der Waals surface area contributed by atoms with Gasteiger partial charge >= 0.3 is 6.18 Å². The number of piperidine rings is 1. The Hall–Kier alpha value is -4.24. The van der Waals surface area contributed by atoms with E-state index in [-0.39, 0.29) is 19.4 Å². The molecular weight excluding hydrogens is 566 g/mol. The monoisotopic (exact) mass is 589 g/mol. The quantitative estimate of drug-likeness (QED) is 0.121. The van der Waals surface area contributed by atoms with Crippen LogP contribution in [0.25, 0.3) is 11.8 Å². The van der Waals surface area contributed by atoms with Gasteiger partial charge in [0.1, 0.15) is 11.5 Å². The average molecular weight is 590 g/mol. The number of fused-ring (bicyclic) bond motifs is 2. The molecule has 3 aromatic rings. The molecule has 41 heavy (non-hydrogen) atoms. The van der Waals surface area contributed by atoms with Crippen LogP contribution in [0, 0.1) is 11.2 Å². The molecule has 214 valence electrons. The summed E-state index contributed by atoms with van der Waals surface area (Å²) in [6.45, 7) is -0.437. The topological polar surface area (TPSA) is 136 Å². The number of Topliss-reactive ketones (excluding diaryl/α,β-unsaturated/α-hetero) is 1.